The molecule has 0 amide bonds. The molecule has 0 heterocycles. The first-order valence-electron chi connectivity index (χ1n) is 8.28. The van der Waals surface area contributed by atoms with Gasteiger partial charge >= 0.3 is 0 Å². The molecule has 1 atom stereocenters. The fourth-order valence-corrected chi connectivity index (χ4v) is 2.68. The summed E-state index contributed by atoms with van der Waals surface area (Å²) in [5, 5.41) is 10.3. The second-order valence-corrected chi connectivity index (χ2v) is 6.16. The van der Waals surface area contributed by atoms with Crippen LogP contribution < -0.4 is 0 Å². The SMILES string of the molecule is C=CCC[C@H](O)CN(Cc1ccccc1)Cc1ccc(C)cc1. The Bertz CT molecular complexity index is 577. The highest BCUT2D eigenvalue weighted by Crippen LogP contribution is 2.13. The Balaban J connectivity index is 2.03. The number of aliphatic hydroxyl groups is 1. The molecule has 2 heteroatoms. The molecule has 0 aliphatic heterocycles. The van der Waals surface area contributed by atoms with E-state index in [0.717, 1.165) is 25.9 Å². The second-order valence-electron chi connectivity index (χ2n) is 6.16. The van der Waals surface area contributed by atoms with Gasteiger partial charge in [-0.25, -0.2) is 0 Å². The van der Waals surface area contributed by atoms with Gasteiger partial charge in [0.15, 0.2) is 0 Å². The highest BCUT2D eigenvalue weighted by Gasteiger charge is 2.12. The van der Waals surface area contributed by atoms with E-state index in [-0.39, 0.29) is 6.10 Å². The molecule has 23 heavy (non-hydrogen) atoms. The summed E-state index contributed by atoms with van der Waals surface area (Å²) in [5.41, 5.74) is 3.83. The Morgan fingerprint density at radius 1 is 1.00 bits per heavy atom. The molecule has 0 spiro atoms. The summed E-state index contributed by atoms with van der Waals surface area (Å²) >= 11 is 0. The molecule has 0 saturated heterocycles. The summed E-state index contributed by atoms with van der Waals surface area (Å²) in [6, 6.07) is 19.1. The summed E-state index contributed by atoms with van der Waals surface area (Å²) in [6.45, 7) is 8.20. The number of aryl methyl sites for hydroxylation is 1. The Labute approximate surface area is 140 Å². The number of hydrogen-bond donors (Lipinski definition) is 1. The molecule has 2 aromatic carbocycles. The molecule has 0 radical (unpaired) electrons. The fraction of sp³-hybridized carbons (Fsp3) is 0.333. The van der Waals surface area contributed by atoms with Gasteiger partial charge in [-0.1, -0.05) is 66.2 Å². The number of benzene rings is 2. The van der Waals surface area contributed by atoms with Crippen LogP contribution in [0.2, 0.25) is 0 Å². The molecule has 2 nitrogen and oxygen atoms in total. The minimum Gasteiger partial charge on any atom is -0.392 e. The summed E-state index contributed by atoms with van der Waals surface area (Å²) in [6.07, 6.45) is 3.17. The zero-order valence-corrected chi connectivity index (χ0v) is 14.0. The van der Waals surface area contributed by atoms with Crippen LogP contribution >= 0.6 is 0 Å². The largest absolute Gasteiger partial charge is 0.392 e. The van der Waals surface area contributed by atoms with Crippen molar-refractivity contribution in [3.8, 4) is 0 Å². The highest BCUT2D eigenvalue weighted by molar-refractivity contribution is 5.21. The van der Waals surface area contributed by atoms with Crippen molar-refractivity contribution in [3.05, 3.63) is 83.9 Å². The lowest BCUT2D eigenvalue weighted by Gasteiger charge is -2.25. The van der Waals surface area contributed by atoms with Crippen molar-refractivity contribution in [2.24, 2.45) is 0 Å². The zero-order valence-electron chi connectivity index (χ0n) is 14.0. The minimum absolute atomic E-state index is 0.317. The summed E-state index contributed by atoms with van der Waals surface area (Å²) in [4.78, 5) is 2.31. The van der Waals surface area contributed by atoms with E-state index in [1.807, 2.05) is 12.1 Å². The maximum atomic E-state index is 10.3. The molecule has 0 aliphatic rings. The monoisotopic (exact) mass is 309 g/mol. The van der Waals surface area contributed by atoms with Gasteiger partial charge in [0.25, 0.3) is 0 Å². The van der Waals surface area contributed by atoms with Crippen molar-refractivity contribution < 1.29 is 5.11 Å². The Kier molecular flexibility index (Phi) is 7.05. The van der Waals surface area contributed by atoms with Crippen molar-refractivity contribution in [1.29, 1.82) is 0 Å². The number of allylic oxidation sites excluding steroid dienone is 1. The van der Waals surface area contributed by atoms with Crippen molar-refractivity contribution in [1.82, 2.24) is 4.90 Å². The number of nitrogens with zero attached hydrogens (tertiary/aromatic N) is 1. The quantitative estimate of drug-likeness (QED) is 0.697. The van der Waals surface area contributed by atoms with E-state index >= 15 is 0 Å². The molecule has 0 aliphatic carbocycles. The Morgan fingerprint density at radius 3 is 2.22 bits per heavy atom. The number of hydrogen-bond acceptors (Lipinski definition) is 2. The lowest BCUT2D eigenvalue weighted by molar-refractivity contribution is 0.0984. The van der Waals surface area contributed by atoms with Gasteiger partial charge in [-0.05, 0) is 30.9 Å². The standard InChI is InChI=1S/C21H27NO/c1-3-4-10-21(23)17-22(15-19-8-6-5-7-9-19)16-20-13-11-18(2)12-14-20/h3,5-9,11-14,21,23H,1,4,10,15-17H2,2H3/t21-/m0/s1. The topological polar surface area (TPSA) is 23.5 Å². The molecule has 0 fully saturated rings. The summed E-state index contributed by atoms with van der Waals surface area (Å²) in [7, 11) is 0. The third-order valence-corrected chi connectivity index (χ3v) is 3.95. The van der Waals surface area contributed by atoms with Gasteiger partial charge < -0.3 is 5.11 Å². The van der Waals surface area contributed by atoms with Crippen LogP contribution in [0.3, 0.4) is 0 Å². The first-order valence-corrected chi connectivity index (χ1v) is 8.28. The molecule has 2 aromatic rings. The van der Waals surface area contributed by atoms with Gasteiger partial charge in [0.2, 0.25) is 0 Å². The van der Waals surface area contributed by atoms with E-state index in [2.05, 4.69) is 66.9 Å². The third-order valence-electron chi connectivity index (χ3n) is 3.95. The van der Waals surface area contributed by atoms with Crippen molar-refractivity contribution in [3.63, 3.8) is 0 Å². The van der Waals surface area contributed by atoms with Gasteiger partial charge in [-0.2, -0.15) is 0 Å². The van der Waals surface area contributed by atoms with E-state index in [1.165, 1.54) is 16.7 Å². The van der Waals surface area contributed by atoms with Gasteiger partial charge in [-0.15, -0.1) is 6.58 Å². The summed E-state index contributed by atoms with van der Waals surface area (Å²) < 4.78 is 0. The van der Waals surface area contributed by atoms with E-state index in [0.29, 0.717) is 6.54 Å². The van der Waals surface area contributed by atoms with Crippen LogP contribution in [0, 0.1) is 6.92 Å². The molecule has 0 unspecified atom stereocenters. The minimum atomic E-state index is -0.317. The Hall–Kier alpha value is -1.90. The van der Waals surface area contributed by atoms with Crippen LogP contribution in [-0.2, 0) is 13.1 Å². The van der Waals surface area contributed by atoms with Gasteiger partial charge in [0.05, 0.1) is 6.10 Å². The van der Waals surface area contributed by atoms with E-state index in [4.69, 9.17) is 0 Å². The molecule has 0 bridgehead atoms. The van der Waals surface area contributed by atoms with E-state index in [1.54, 1.807) is 0 Å². The second kappa shape index (κ2) is 9.29. The van der Waals surface area contributed by atoms with Gasteiger partial charge in [-0.3, -0.25) is 4.90 Å². The molecular formula is C21H27NO. The van der Waals surface area contributed by atoms with Gasteiger partial charge in [0, 0.05) is 19.6 Å². The molecule has 1 N–H and O–H groups in total. The van der Waals surface area contributed by atoms with Gasteiger partial charge in [0.1, 0.15) is 0 Å². The van der Waals surface area contributed by atoms with E-state index in [9.17, 15) is 5.11 Å². The predicted molar refractivity (Wildman–Crippen MR) is 97.2 cm³/mol. The number of aliphatic hydroxyl groups excluding tert-OH is 1. The maximum absolute atomic E-state index is 10.3. The normalized spacial score (nSPS) is 12.3. The third kappa shape index (κ3) is 6.39. The molecule has 0 saturated carbocycles. The zero-order chi connectivity index (χ0) is 16.5. The van der Waals surface area contributed by atoms with Crippen LogP contribution in [0.4, 0.5) is 0 Å². The molecular weight excluding hydrogens is 282 g/mol. The molecule has 0 aromatic heterocycles. The van der Waals surface area contributed by atoms with Crippen molar-refractivity contribution >= 4 is 0 Å². The van der Waals surface area contributed by atoms with Crippen LogP contribution in [0.15, 0.2) is 67.3 Å². The first kappa shape index (κ1) is 17.5. The average Bonchev–Trinajstić information content (AvgIpc) is 2.56. The van der Waals surface area contributed by atoms with Crippen molar-refractivity contribution in [2.45, 2.75) is 39.0 Å². The maximum Gasteiger partial charge on any atom is 0.0670 e. The molecule has 2 rings (SSSR count). The molecule has 122 valence electrons. The van der Waals surface area contributed by atoms with E-state index < -0.39 is 0 Å². The first-order chi connectivity index (χ1) is 11.2. The summed E-state index contributed by atoms with van der Waals surface area (Å²) in [5.74, 6) is 0. The lowest BCUT2D eigenvalue weighted by atomic mass is 10.1. The highest BCUT2D eigenvalue weighted by atomic mass is 16.3. The number of rotatable bonds is 9. The van der Waals surface area contributed by atoms with Crippen LogP contribution in [-0.4, -0.2) is 22.7 Å². The fourth-order valence-electron chi connectivity index (χ4n) is 2.68. The average molecular weight is 309 g/mol. The van der Waals surface area contributed by atoms with Crippen LogP contribution in [0.5, 0.6) is 0 Å². The van der Waals surface area contributed by atoms with Crippen molar-refractivity contribution in [2.75, 3.05) is 6.54 Å². The van der Waals surface area contributed by atoms with Crippen LogP contribution in [0.1, 0.15) is 29.5 Å². The van der Waals surface area contributed by atoms with Crippen LogP contribution in [0.25, 0.3) is 0 Å². The predicted octanol–water partition coefficient (Wildman–Crippen LogP) is 4.32. The lowest BCUT2D eigenvalue weighted by Crippen LogP contribution is -2.31. The Morgan fingerprint density at radius 2 is 1.61 bits per heavy atom. The smallest absolute Gasteiger partial charge is 0.0670 e.